The van der Waals surface area contributed by atoms with Crippen LogP contribution in [0.25, 0.3) is 0 Å². The fraction of sp³-hybridized carbons (Fsp3) is 0.294. The molecule has 3 N–H and O–H groups in total. The number of hydrogen-bond acceptors (Lipinski definition) is 2. The van der Waals surface area contributed by atoms with Crippen LogP contribution in [-0.4, -0.2) is 6.04 Å². The zero-order valence-electron chi connectivity index (χ0n) is 11.7. The van der Waals surface area contributed by atoms with Gasteiger partial charge < -0.3 is 0 Å². The summed E-state index contributed by atoms with van der Waals surface area (Å²) < 4.78 is 0. The summed E-state index contributed by atoms with van der Waals surface area (Å²) in [6.45, 7) is 4.30. The summed E-state index contributed by atoms with van der Waals surface area (Å²) in [5.41, 5.74) is 8.33. The smallest absolute Gasteiger partial charge is 0.0291 e. The first-order valence-corrected chi connectivity index (χ1v) is 6.76. The van der Waals surface area contributed by atoms with E-state index in [2.05, 4.69) is 67.8 Å². The van der Waals surface area contributed by atoms with E-state index in [1.165, 1.54) is 22.3 Å². The zero-order valence-corrected chi connectivity index (χ0v) is 11.7. The first-order chi connectivity index (χ1) is 9.20. The lowest BCUT2D eigenvalue weighted by Gasteiger charge is -2.18. The molecule has 0 fully saturated rings. The van der Waals surface area contributed by atoms with Crippen molar-refractivity contribution in [3.63, 3.8) is 0 Å². The summed E-state index contributed by atoms with van der Waals surface area (Å²) >= 11 is 0. The molecule has 2 rings (SSSR count). The van der Waals surface area contributed by atoms with Crippen LogP contribution in [0, 0.1) is 13.8 Å². The Morgan fingerprint density at radius 3 is 1.63 bits per heavy atom. The maximum Gasteiger partial charge on any atom is 0.0291 e. The average Bonchev–Trinajstić information content (AvgIpc) is 2.42. The molecular formula is C17H22N2. The Hall–Kier alpha value is -1.64. The van der Waals surface area contributed by atoms with Crippen LogP contribution in [0.3, 0.4) is 0 Å². The summed E-state index contributed by atoms with van der Waals surface area (Å²) in [7, 11) is 0. The molecule has 0 amide bonds. The highest BCUT2D eigenvalue weighted by molar-refractivity contribution is 5.29. The van der Waals surface area contributed by atoms with Gasteiger partial charge in [-0.3, -0.25) is 11.3 Å². The summed E-state index contributed by atoms with van der Waals surface area (Å²) in [6.07, 6.45) is 1.91. The molecule has 2 nitrogen and oxygen atoms in total. The zero-order chi connectivity index (χ0) is 13.7. The van der Waals surface area contributed by atoms with Crippen molar-refractivity contribution in [2.24, 2.45) is 5.84 Å². The molecule has 19 heavy (non-hydrogen) atoms. The minimum absolute atomic E-state index is 0.266. The summed E-state index contributed by atoms with van der Waals surface area (Å²) in [6, 6.07) is 17.2. The van der Waals surface area contributed by atoms with E-state index in [4.69, 9.17) is 5.84 Å². The second-order valence-corrected chi connectivity index (χ2v) is 5.12. The fourth-order valence-corrected chi connectivity index (χ4v) is 2.40. The third kappa shape index (κ3) is 3.66. The van der Waals surface area contributed by atoms with Gasteiger partial charge in [-0.15, -0.1) is 0 Å². The maximum absolute atomic E-state index is 5.72. The van der Waals surface area contributed by atoms with E-state index in [9.17, 15) is 0 Å². The minimum atomic E-state index is 0.266. The van der Waals surface area contributed by atoms with Gasteiger partial charge in [0.2, 0.25) is 0 Å². The number of rotatable bonds is 5. The highest BCUT2D eigenvalue weighted by Gasteiger charge is 2.11. The first kappa shape index (κ1) is 13.8. The second-order valence-electron chi connectivity index (χ2n) is 5.12. The number of nitrogens with two attached hydrogens (primary N) is 1. The van der Waals surface area contributed by atoms with Crippen LogP contribution in [0.4, 0.5) is 0 Å². The van der Waals surface area contributed by atoms with Crippen LogP contribution >= 0.6 is 0 Å². The standard InChI is InChI=1S/C17H22N2/c1-13-7-3-5-9-15(13)11-17(19-18)12-16-10-6-4-8-14(16)2/h3-10,17,19H,11-12,18H2,1-2H3. The third-order valence-corrected chi connectivity index (χ3v) is 3.69. The molecule has 0 saturated heterocycles. The molecule has 2 heteroatoms. The first-order valence-electron chi connectivity index (χ1n) is 6.76. The lowest BCUT2D eigenvalue weighted by molar-refractivity contribution is 0.520. The van der Waals surface area contributed by atoms with Crippen LogP contribution in [-0.2, 0) is 12.8 Å². The van der Waals surface area contributed by atoms with Gasteiger partial charge in [0.05, 0.1) is 0 Å². The van der Waals surface area contributed by atoms with Gasteiger partial charge in [-0.25, -0.2) is 0 Å². The molecule has 0 aliphatic carbocycles. The Labute approximate surface area is 115 Å². The third-order valence-electron chi connectivity index (χ3n) is 3.69. The predicted molar refractivity (Wildman–Crippen MR) is 80.9 cm³/mol. The minimum Gasteiger partial charge on any atom is -0.271 e. The Balaban J connectivity index is 2.09. The number of nitrogens with one attached hydrogen (secondary N) is 1. The average molecular weight is 254 g/mol. The molecule has 0 aromatic heterocycles. The van der Waals surface area contributed by atoms with Gasteiger partial charge >= 0.3 is 0 Å². The van der Waals surface area contributed by atoms with Crippen molar-refractivity contribution in [1.29, 1.82) is 0 Å². The van der Waals surface area contributed by atoms with Crippen molar-refractivity contribution in [3.8, 4) is 0 Å². The molecule has 0 saturated carbocycles. The Bertz CT molecular complexity index is 487. The van der Waals surface area contributed by atoms with Crippen molar-refractivity contribution >= 4 is 0 Å². The Kier molecular flexibility index (Phi) is 4.72. The Morgan fingerprint density at radius 1 is 0.842 bits per heavy atom. The molecule has 0 spiro atoms. The van der Waals surface area contributed by atoms with Crippen molar-refractivity contribution in [1.82, 2.24) is 5.43 Å². The Morgan fingerprint density at radius 2 is 1.26 bits per heavy atom. The molecule has 0 unspecified atom stereocenters. The lowest BCUT2D eigenvalue weighted by atomic mass is 9.95. The van der Waals surface area contributed by atoms with Crippen molar-refractivity contribution in [3.05, 3.63) is 70.8 Å². The summed E-state index contributed by atoms with van der Waals surface area (Å²) in [5, 5.41) is 0. The van der Waals surface area contributed by atoms with E-state index >= 15 is 0 Å². The van der Waals surface area contributed by atoms with Gasteiger partial charge in [0, 0.05) is 6.04 Å². The predicted octanol–water partition coefficient (Wildman–Crippen LogP) is 2.92. The van der Waals surface area contributed by atoms with Crippen LogP contribution < -0.4 is 11.3 Å². The normalized spacial score (nSPS) is 10.9. The number of hydrogen-bond donors (Lipinski definition) is 2. The van der Waals surface area contributed by atoms with E-state index in [1.807, 2.05) is 0 Å². The van der Waals surface area contributed by atoms with Gasteiger partial charge in [0.1, 0.15) is 0 Å². The molecule has 0 atom stereocenters. The highest BCUT2D eigenvalue weighted by Crippen LogP contribution is 2.14. The fourth-order valence-electron chi connectivity index (χ4n) is 2.40. The largest absolute Gasteiger partial charge is 0.271 e. The van der Waals surface area contributed by atoms with Crippen LogP contribution in [0.5, 0.6) is 0 Å². The quantitative estimate of drug-likeness (QED) is 0.636. The van der Waals surface area contributed by atoms with Crippen molar-refractivity contribution in [2.75, 3.05) is 0 Å². The molecule has 0 aliphatic heterocycles. The van der Waals surface area contributed by atoms with E-state index in [1.54, 1.807) is 0 Å². The molecule has 2 aromatic carbocycles. The molecular weight excluding hydrogens is 232 g/mol. The SMILES string of the molecule is Cc1ccccc1CC(Cc1ccccc1C)NN. The topological polar surface area (TPSA) is 38.0 Å². The molecule has 2 aromatic rings. The number of hydrazine groups is 1. The number of benzene rings is 2. The molecule has 0 aliphatic rings. The van der Waals surface area contributed by atoms with E-state index in [0.717, 1.165) is 12.8 Å². The van der Waals surface area contributed by atoms with E-state index < -0.39 is 0 Å². The van der Waals surface area contributed by atoms with E-state index in [-0.39, 0.29) is 6.04 Å². The molecule has 0 bridgehead atoms. The van der Waals surface area contributed by atoms with Gasteiger partial charge in [-0.05, 0) is 48.9 Å². The molecule has 100 valence electrons. The summed E-state index contributed by atoms with van der Waals surface area (Å²) in [5.74, 6) is 5.72. The van der Waals surface area contributed by atoms with Crippen LogP contribution in [0.15, 0.2) is 48.5 Å². The maximum atomic E-state index is 5.72. The van der Waals surface area contributed by atoms with Gasteiger partial charge in [-0.1, -0.05) is 48.5 Å². The monoisotopic (exact) mass is 254 g/mol. The van der Waals surface area contributed by atoms with Crippen molar-refractivity contribution < 1.29 is 0 Å². The highest BCUT2D eigenvalue weighted by atomic mass is 15.2. The van der Waals surface area contributed by atoms with Crippen LogP contribution in [0.1, 0.15) is 22.3 Å². The number of aryl methyl sites for hydroxylation is 2. The second kappa shape index (κ2) is 6.50. The van der Waals surface area contributed by atoms with Gasteiger partial charge in [0.15, 0.2) is 0 Å². The van der Waals surface area contributed by atoms with Crippen molar-refractivity contribution in [2.45, 2.75) is 32.7 Å². The molecule has 0 heterocycles. The van der Waals surface area contributed by atoms with Gasteiger partial charge in [-0.2, -0.15) is 0 Å². The lowest BCUT2D eigenvalue weighted by Crippen LogP contribution is -2.38. The molecule has 0 radical (unpaired) electrons. The van der Waals surface area contributed by atoms with Crippen LogP contribution in [0.2, 0.25) is 0 Å². The van der Waals surface area contributed by atoms with Gasteiger partial charge in [0.25, 0.3) is 0 Å². The summed E-state index contributed by atoms with van der Waals surface area (Å²) in [4.78, 5) is 0. The van der Waals surface area contributed by atoms with E-state index in [0.29, 0.717) is 0 Å².